The standard InChI is InChI=1S/C23H26Cl2N2O4S/c1-14-8-15(2)10-18(9-14)31-21-5-3-4-20(23-26-6-7-30-23)22(21)27-32(28,29)19-12-16(24)11-17(25)13-19/h3-5,11-15,18,27H,6-10H2,1-2H3/t14-,15+,18?. The number of hydrogen-bond donors (Lipinski definition) is 1. The van der Waals surface area contributed by atoms with E-state index in [1.165, 1.54) is 24.6 Å². The van der Waals surface area contributed by atoms with Gasteiger partial charge >= 0.3 is 0 Å². The Morgan fingerprint density at radius 2 is 1.75 bits per heavy atom. The van der Waals surface area contributed by atoms with Crippen molar-refractivity contribution in [1.82, 2.24) is 0 Å². The quantitative estimate of drug-likeness (QED) is 0.550. The number of rotatable bonds is 6. The first kappa shape index (κ1) is 23.2. The molecule has 2 aromatic rings. The molecule has 4 rings (SSSR count). The van der Waals surface area contributed by atoms with Gasteiger partial charge in [-0.3, -0.25) is 4.72 Å². The van der Waals surface area contributed by atoms with E-state index in [0.29, 0.717) is 47.9 Å². The van der Waals surface area contributed by atoms with Crippen molar-refractivity contribution in [3.63, 3.8) is 0 Å². The SMILES string of the molecule is C[C@@H]1CC(Oc2cccc(C3=NCCO3)c2NS(=O)(=O)c2cc(Cl)cc(Cl)c2)C[C@H](C)C1. The molecule has 2 aliphatic rings. The summed E-state index contributed by atoms with van der Waals surface area (Å²) in [5.74, 6) is 1.93. The first-order valence-corrected chi connectivity index (χ1v) is 12.9. The molecule has 3 atom stereocenters. The van der Waals surface area contributed by atoms with Gasteiger partial charge in [0.2, 0.25) is 5.90 Å². The number of nitrogens with zero attached hydrogens (tertiary/aromatic N) is 1. The molecule has 0 saturated heterocycles. The summed E-state index contributed by atoms with van der Waals surface area (Å²) in [6.07, 6.45) is 3.00. The Morgan fingerprint density at radius 1 is 1.06 bits per heavy atom. The van der Waals surface area contributed by atoms with Crippen molar-refractivity contribution in [2.75, 3.05) is 17.9 Å². The number of hydrogen-bond acceptors (Lipinski definition) is 5. The number of benzene rings is 2. The molecule has 1 aliphatic heterocycles. The minimum Gasteiger partial charge on any atom is -0.488 e. The van der Waals surface area contributed by atoms with Crippen LogP contribution in [0.15, 0.2) is 46.3 Å². The van der Waals surface area contributed by atoms with Crippen LogP contribution in [0.5, 0.6) is 5.75 Å². The third-order valence-electron chi connectivity index (χ3n) is 5.65. The van der Waals surface area contributed by atoms with Crippen LogP contribution in [0.1, 0.15) is 38.7 Å². The van der Waals surface area contributed by atoms with Gasteiger partial charge in [-0.05, 0) is 61.4 Å². The molecule has 1 saturated carbocycles. The highest BCUT2D eigenvalue weighted by atomic mass is 35.5. The molecule has 2 aromatic carbocycles. The van der Waals surface area contributed by atoms with Crippen LogP contribution in [0.2, 0.25) is 10.0 Å². The molecule has 1 fully saturated rings. The first-order valence-electron chi connectivity index (χ1n) is 10.7. The van der Waals surface area contributed by atoms with Crippen molar-refractivity contribution in [2.24, 2.45) is 16.8 Å². The summed E-state index contributed by atoms with van der Waals surface area (Å²) in [5.41, 5.74) is 0.837. The predicted octanol–water partition coefficient (Wildman–Crippen LogP) is 5.77. The molecule has 1 N–H and O–H groups in total. The molecule has 0 aromatic heterocycles. The van der Waals surface area contributed by atoms with E-state index in [0.717, 1.165) is 12.8 Å². The lowest BCUT2D eigenvalue weighted by Crippen LogP contribution is -2.29. The third kappa shape index (κ3) is 5.33. The van der Waals surface area contributed by atoms with Gasteiger partial charge in [-0.2, -0.15) is 0 Å². The molecular weight excluding hydrogens is 471 g/mol. The molecule has 0 spiro atoms. The van der Waals surface area contributed by atoms with Gasteiger partial charge in [0.15, 0.2) is 0 Å². The zero-order valence-electron chi connectivity index (χ0n) is 18.0. The van der Waals surface area contributed by atoms with Crippen LogP contribution >= 0.6 is 23.2 Å². The van der Waals surface area contributed by atoms with Gasteiger partial charge in [0.05, 0.1) is 23.1 Å². The number of ether oxygens (including phenoxy) is 2. The van der Waals surface area contributed by atoms with Crippen LogP contribution in [0, 0.1) is 11.8 Å². The van der Waals surface area contributed by atoms with Crippen molar-refractivity contribution in [1.29, 1.82) is 0 Å². The summed E-state index contributed by atoms with van der Waals surface area (Å²) < 4.78 is 41.2. The molecule has 32 heavy (non-hydrogen) atoms. The fourth-order valence-corrected chi connectivity index (χ4v) is 6.25. The number of aliphatic imine (C=N–C) groups is 1. The second-order valence-electron chi connectivity index (χ2n) is 8.58. The summed E-state index contributed by atoms with van der Waals surface area (Å²) in [5, 5.41) is 0.465. The van der Waals surface area contributed by atoms with Crippen LogP contribution in [0.25, 0.3) is 0 Å². The van der Waals surface area contributed by atoms with Gasteiger partial charge in [-0.25, -0.2) is 13.4 Å². The average Bonchev–Trinajstić information content (AvgIpc) is 3.22. The molecule has 0 amide bonds. The van der Waals surface area contributed by atoms with Gasteiger partial charge < -0.3 is 9.47 Å². The zero-order chi connectivity index (χ0) is 22.9. The normalized spacial score (nSPS) is 23.4. The molecular formula is C23H26Cl2N2O4S. The predicted molar refractivity (Wildman–Crippen MR) is 128 cm³/mol. The van der Waals surface area contributed by atoms with E-state index >= 15 is 0 Å². The molecule has 6 nitrogen and oxygen atoms in total. The van der Waals surface area contributed by atoms with Crippen molar-refractivity contribution in [3.05, 3.63) is 52.0 Å². The molecule has 1 unspecified atom stereocenters. The van der Waals surface area contributed by atoms with Gasteiger partial charge in [0.25, 0.3) is 10.0 Å². The second-order valence-corrected chi connectivity index (χ2v) is 11.1. The lowest BCUT2D eigenvalue weighted by Gasteiger charge is -2.32. The monoisotopic (exact) mass is 496 g/mol. The molecule has 9 heteroatoms. The van der Waals surface area contributed by atoms with Gasteiger partial charge in [0, 0.05) is 10.0 Å². The number of anilines is 1. The maximum Gasteiger partial charge on any atom is 0.262 e. The summed E-state index contributed by atoms with van der Waals surface area (Å²) in [4.78, 5) is 4.33. The molecule has 0 radical (unpaired) electrons. The Morgan fingerprint density at radius 3 is 2.38 bits per heavy atom. The van der Waals surface area contributed by atoms with Crippen LogP contribution in [0.4, 0.5) is 5.69 Å². The van der Waals surface area contributed by atoms with Crippen LogP contribution in [-0.2, 0) is 14.8 Å². The van der Waals surface area contributed by atoms with E-state index in [2.05, 4.69) is 23.6 Å². The fraction of sp³-hybridized carbons (Fsp3) is 0.435. The summed E-state index contributed by atoms with van der Waals surface area (Å²) in [7, 11) is -4.00. The molecule has 1 aliphatic carbocycles. The maximum atomic E-state index is 13.3. The minimum atomic E-state index is -4.00. The second kappa shape index (κ2) is 9.49. The van der Waals surface area contributed by atoms with E-state index < -0.39 is 10.0 Å². The van der Waals surface area contributed by atoms with Crippen molar-refractivity contribution in [2.45, 2.75) is 44.1 Å². The van der Waals surface area contributed by atoms with Crippen LogP contribution < -0.4 is 9.46 Å². The average molecular weight is 497 g/mol. The largest absolute Gasteiger partial charge is 0.488 e. The van der Waals surface area contributed by atoms with Crippen LogP contribution in [0.3, 0.4) is 0 Å². The van der Waals surface area contributed by atoms with E-state index in [1.54, 1.807) is 12.1 Å². The minimum absolute atomic E-state index is 0.000645. The number of para-hydroxylation sites is 1. The first-order chi connectivity index (χ1) is 15.2. The van der Waals surface area contributed by atoms with Crippen LogP contribution in [-0.4, -0.2) is 33.6 Å². The highest BCUT2D eigenvalue weighted by molar-refractivity contribution is 7.92. The topological polar surface area (TPSA) is 77.0 Å². The Kier molecular flexibility index (Phi) is 6.89. The lowest BCUT2D eigenvalue weighted by atomic mass is 9.82. The van der Waals surface area contributed by atoms with Crippen molar-refractivity contribution in [3.8, 4) is 5.75 Å². The number of sulfonamides is 1. The lowest BCUT2D eigenvalue weighted by molar-refractivity contribution is 0.102. The smallest absolute Gasteiger partial charge is 0.262 e. The third-order valence-corrected chi connectivity index (χ3v) is 7.42. The summed E-state index contributed by atoms with van der Waals surface area (Å²) in [6.45, 7) is 5.41. The highest BCUT2D eigenvalue weighted by Gasteiger charge is 2.29. The van der Waals surface area contributed by atoms with Gasteiger partial charge in [0.1, 0.15) is 18.0 Å². The summed E-state index contributed by atoms with van der Waals surface area (Å²) >= 11 is 12.1. The molecule has 172 valence electrons. The number of nitrogens with one attached hydrogen (secondary N) is 1. The van der Waals surface area contributed by atoms with E-state index in [1.807, 2.05) is 6.07 Å². The molecule has 1 heterocycles. The van der Waals surface area contributed by atoms with E-state index in [4.69, 9.17) is 32.7 Å². The Labute approximate surface area is 199 Å². The molecule has 0 bridgehead atoms. The number of halogens is 2. The fourth-order valence-electron chi connectivity index (χ4n) is 4.44. The van der Waals surface area contributed by atoms with Gasteiger partial charge in [-0.1, -0.05) is 43.1 Å². The van der Waals surface area contributed by atoms with E-state index in [-0.39, 0.29) is 21.0 Å². The highest BCUT2D eigenvalue weighted by Crippen LogP contribution is 2.37. The Bertz CT molecular complexity index is 1110. The Hall–Kier alpha value is -1.96. The van der Waals surface area contributed by atoms with E-state index in [9.17, 15) is 8.42 Å². The zero-order valence-corrected chi connectivity index (χ0v) is 20.3. The maximum absolute atomic E-state index is 13.3. The van der Waals surface area contributed by atoms with Gasteiger partial charge in [-0.15, -0.1) is 0 Å². The van der Waals surface area contributed by atoms with Crippen molar-refractivity contribution >= 4 is 44.8 Å². The van der Waals surface area contributed by atoms with Crippen molar-refractivity contribution < 1.29 is 17.9 Å². The Balaban J connectivity index is 1.73. The summed E-state index contributed by atoms with van der Waals surface area (Å²) in [6, 6.07) is 9.55.